The number of carbonyl (C=O) groups excluding carboxylic acids is 2. The molecule has 6 nitrogen and oxygen atoms in total. The molecule has 0 atom stereocenters. The summed E-state index contributed by atoms with van der Waals surface area (Å²) in [7, 11) is 0. The van der Waals surface area contributed by atoms with Crippen molar-refractivity contribution in [2.24, 2.45) is 0 Å². The molecule has 2 amide bonds. The van der Waals surface area contributed by atoms with Gasteiger partial charge >= 0.3 is 0 Å². The summed E-state index contributed by atoms with van der Waals surface area (Å²) in [6, 6.07) is 16.0. The third-order valence-electron chi connectivity index (χ3n) is 4.00. The summed E-state index contributed by atoms with van der Waals surface area (Å²) < 4.78 is 10.7. The Balaban J connectivity index is 1.49. The van der Waals surface area contributed by atoms with Gasteiger partial charge in [-0.1, -0.05) is 6.07 Å². The molecule has 0 aliphatic heterocycles. The Morgan fingerprint density at radius 1 is 1.00 bits per heavy atom. The number of amides is 2. The highest BCUT2D eigenvalue weighted by Crippen LogP contribution is 2.16. The first-order chi connectivity index (χ1) is 13.5. The first-order valence-corrected chi connectivity index (χ1v) is 8.91. The van der Waals surface area contributed by atoms with Crippen molar-refractivity contribution in [2.45, 2.75) is 20.4 Å². The van der Waals surface area contributed by atoms with E-state index in [4.69, 9.17) is 9.15 Å². The first kappa shape index (κ1) is 19.2. The summed E-state index contributed by atoms with van der Waals surface area (Å²) in [5.41, 5.74) is 3.25. The zero-order valence-electron chi connectivity index (χ0n) is 15.8. The molecule has 3 aromatic rings. The highest BCUT2D eigenvalue weighted by molar-refractivity contribution is 5.96. The van der Waals surface area contributed by atoms with Crippen LogP contribution < -0.4 is 15.4 Å². The number of furan rings is 1. The van der Waals surface area contributed by atoms with E-state index in [9.17, 15) is 9.59 Å². The summed E-state index contributed by atoms with van der Waals surface area (Å²) in [4.78, 5) is 24.2. The Labute approximate surface area is 163 Å². The van der Waals surface area contributed by atoms with E-state index < -0.39 is 0 Å². The molecule has 0 unspecified atom stereocenters. The van der Waals surface area contributed by atoms with Crippen LogP contribution in [0.3, 0.4) is 0 Å². The SMILES string of the molecule is Cc1cc(C)cc(OCC(=O)Nc2ccc(C(=O)NCc3ccco3)cc2)c1. The van der Waals surface area contributed by atoms with Crippen LogP contribution in [0.1, 0.15) is 27.2 Å². The van der Waals surface area contributed by atoms with Crippen molar-refractivity contribution in [3.05, 3.63) is 83.3 Å². The molecule has 3 rings (SSSR count). The summed E-state index contributed by atoms with van der Waals surface area (Å²) in [5.74, 6) is 0.860. The van der Waals surface area contributed by atoms with Crippen LogP contribution in [0.2, 0.25) is 0 Å². The maximum absolute atomic E-state index is 12.1. The van der Waals surface area contributed by atoms with Crippen molar-refractivity contribution in [1.82, 2.24) is 5.32 Å². The Morgan fingerprint density at radius 3 is 2.36 bits per heavy atom. The summed E-state index contributed by atoms with van der Waals surface area (Å²) in [5, 5.41) is 5.52. The number of nitrogens with one attached hydrogen (secondary N) is 2. The monoisotopic (exact) mass is 378 g/mol. The number of aryl methyl sites for hydroxylation is 2. The Bertz CT molecular complexity index is 927. The fraction of sp³-hybridized carbons (Fsp3) is 0.182. The lowest BCUT2D eigenvalue weighted by Crippen LogP contribution is -2.23. The summed E-state index contributed by atoms with van der Waals surface area (Å²) in [6.45, 7) is 4.19. The second kappa shape index (κ2) is 8.90. The van der Waals surface area contributed by atoms with Crippen LogP contribution in [0, 0.1) is 13.8 Å². The van der Waals surface area contributed by atoms with Gasteiger partial charge in [-0.25, -0.2) is 0 Å². The van der Waals surface area contributed by atoms with Gasteiger partial charge in [-0.3, -0.25) is 9.59 Å². The average Bonchev–Trinajstić information content (AvgIpc) is 3.18. The van der Waals surface area contributed by atoms with Crippen molar-refractivity contribution in [3.63, 3.8) is 0 Å². The number of anilines is 1. The maximum atomic E-state index is 12.1. The molecule has 0 aliphatic carbocycles. The Kier molecular flexibility index (Phi) is 6.11. The minimum absolute atomic E-state index is 0.0890. The van der Waals surface area contributed by atoms with Crippen molar-refractivity contribution < 1.29 is 18.7 Å². The molecular weight excluding hydrogens is 356 g/mol. The standard InChI is InChI=1S/C22H22N2O4/c1-15-10-16(2)12-20(11-15)28-14-21(25)24-18-7-5-17(6-8-18)22(26)23-13-19-4-3-9-27-19/h3-12H,13-14H2,1-2H3,(H,23,26)(H,24,25). The van der Waals surface area contributed by atoms with Crippen molar-refractivity contribution in [1.29, 1.82) is 0 Å². The quantitative estimate of drug-likeness (QED) is 0.654. The van der Waals surface area contributed by atoms with Crippen LogP contribution in [0.4, 0.5) is 5.69 Å². The van der Waals surface area contributed by atoms with E-state index in [2.05, 4.69) is 10.6 Å². The average molecular weight is 378 g/mol. The molecule has 1 heterocycles. The molecule has 1 aromatic heterocycles. The van der Waals surface area contributed by atoms with E-state index in [0.29, 0.717) is 29.3 Å². The van der Waals surface area contributed by atoms with Gasteiger partial charge < -0.3 is 19.8 Å². The van der Waals surface area contributed by atoms with E-state index >= 15 is 0 Å². The highest BCUT2D eigenvalue weighted by atomic mass is 16.5. The molecule has 2 aromatic carbocycles. The molecular formula is C22H22N2O4. The Morgan fingerprint density at radius 2 is 1.71 bits per heavy atom. The normalized spacial score (nSPS) is 10.4. The summed E-state index contributed by atoms with van der Waals surface area (Å²) >= 11 is 0. The third kappa shape index (κ3) is 5.48. The molecule has 0 bridgehead atoms. The lowest BCUT2D eigenvalue weighted by Gasteiger charge is -2.09. The highest BCUT2D eigenvalue weighted by Gasteiger charge is 2.08. The number of benzene rings is 2. The molecule has 2 N–H and O–H groups in total. The van der Waals surface area contributed by atoms with Gasteiger partial charge in [0.05, 0.1) is 12.8 Å². The van der Waals surface area contributed by atoms with E-state index in [1.54, 1.807) is 42.7 Å². The number of hydrogen-bond donors (Lipinski definition) is 2. The van der Waals surface area contributed by atoms with Crippen LogP contribution in [0.25, 0.3) is 0 Å². The van der Waals surface area contributed by atoms with Gasteiger partial charge in [-0.05, 0) is 73.5 Å². The molecule has 0 radical (unpaired) electrons. The van der Waals surface area contributed by atoms with Gasteiger partial charge in [-0.2, -0.15) is 0 Å². The molecule has 0 aliphatic rings. The van der Waals surface area contributed by atoms with Crippen LogP contribution in [0.15, 0.2) is 65.3 Å². The predicted molar refractivity (Wildman–Crippen MR) is 106 cm³/mol. The zero-order chi connectivity index (χ0) is 19.9. The van der Waals surface area contributed by atoms with Gasteiger partial charge in [0.2, 0.25) is 0 Å². The number of carbonyl (C=O) groups is 2. The lowest BCUT2D eigenvalue weighted by molar-refractivity contribution is -0.118. The zero-order valence-corrected chi connectivity index (χ0v) is 15.8. The predicted octanol–water partition coefficient (Wildman–Crippen LogP) is 3.84. The molecule has 0 saturated heterocycles. The fourth-order valence-corrected chi connectivity index (χ4v) is 2.75. The van der Waals surface area contributed by atoms with E-state index in [-0.39, 0.29) is 18.4 Å². The van der Waals surface area contributed by atoms with E-state index in [1.165, 1.54) is 0 Å². The smallest absolute Gasteiger partial charge is 0.262 e. The lowest BCUT2D eigenvalue weighted by atomic mass is 10.1. The molecule has 0 fully saturated rings. The molecule has 0 spiro atoms. The van der Waals surface area contributed by atoms with Crippen molar-refractivity contribution >= 4 is 17.5 Å². The topological polar surface area (TPSA) is 80.6 Å². The third-order valence-corrected chi connectivity index (χ3v) is 4.00. The largest absolute Gasteiger partial charge is 0.484 e. The van der Waals surface area contributed by atoms with Gasteiger partial charge in [0.25, 0.3) is 11.8 Å². The second-order valence-corrected chi connectivity index (χ2v) is 6.50. The first-order valence-electron chi connectivity index (χ1n) is 8.91. The summed E-state index contributed by atoms with van der Waals surface area (Å²) in [6.07, 6.45) is 1.56. The van der Waals surface area contributed by atoms with Gasteiger partial charge in [-0.15, -0.1) is 0 Å². The molecule has 28 heavy (non-hydrogen) atoms. The number of ether oxygens (including phenoxy) is 1. The van der Waals surface area contributed by atoms with E-state index in [0.717, 1.165) is 11.1 Å². The van der Waals surface area contributed by atoms with Crippen LogP contribution in [-0.4, -0.2) is 18.4 Å². The minimum atomic E-state index is -0.269. The maximum Gasteiger partial charge on any atom is 0.262 e. The van der Waals surface area contributed by atoms with Crippen LogP contribution in [0.5, 0.6) is 5.75 Å². The fourth-order valence-electron chi connectivity index (χ4n) is 2.75. The van der Waals surface area contributed by atoms with Crippen molar-refractivity contribution in [3.8, 4) is 5.75 Å². The van der Waals surface area contributed by atoms with Gasteiger partial charge in [0.15, 0.2) is 6.61 Å². The number of hydrogen-bond acceptors (Lipinski definition) is 4. The van der Waals surface area contributed by atoms with E-state index in [1.807, 2.05) is 32.0 Å². The van der Waals surface area contributed by atoms with Crippen molar-refractivity contribution in [2.75, 3.05) is 11.9 Å². The number of rotatable bonds is 7. The molecule has 0 saturated carbocycles. The van der Waals surface area contributed by atoms with Gasteiger partial charge in [0.1, 0.15) is 11.5 Å². The van der Waals surface area contributed by atoms with Crippen LogP contribution in [-0.2, 0) is 11.3 Å². The minimum Gasteiger partial charge on any atom is -0.484 e. The van der Waals surface area contributed by atoms with Gasteiger partial charge in [0, 0.05) is 11.3 Å². The second-order valence-electron chi connectivity index (χ2n) is 6.50. The Hall–Kier alpha value is -3.54. The molecule has 144 valence electrons. The molecule has 6 heteroatoms. The van der Waals surface area contributed by atoms with Crippen LogP contribution >= 0.6 is 0 Å².